The first-order chi connectivity index (χ1) is 17.2. The van der Waals surface area contributed by atoms with Gasteiger partial charge in [-0.15, -0.1) is 10.2 Å². The number of nitrogens with zero attached hydrogens (tertiary/aromatic N) is 6. The standard InChI is InChI=1S/C23H21F5N6O3/c1-21(2,3)37-20(35)33-7-6-12(9-33)14-8-16(22(24,25)23(26,27)28)31-18-13(14)4-5-17-30-15(10-34(17)18)19-32-29-11-36-19/h4-5,8,10-12H,6-7,9H2,1-3H3. The summed E-state index contributed by atoms with van der Waals surface area (Å²) < 4.78 is 81.0. The van der Waals surface area contributed by atoms with Crippen LogP contribution in [0.5, 0.6) is 0 Å². The highest BCUT2D eigenvalue weighted by molar-refractivity contribution is 5.84. The van der Waals surface area contributed by atoms with Crippen LogP contribution in [0.2, 0.25) is 0 Å². The van der Waals surface area contributed by atoms with E-state index >= 15 is 0 Å². The summed E-state index contributed by atoms with van der Waals surface area (Å²) in [4.78, 5) is 22.0. The highest BCUT2D eigenvalue weighted by Gasteiger charge is 2.60. The van der Waals surface area contributed by atoms with E-state index in [4.69, 9.17) is 9.15 Å². The second-order valence-corrected chi connectivity index (χ2v) is 9.75. The van der Waals surface area contributed by atoms with Gasteiger partial charge in [-0.25, -0.2) is 14.8 Å². The van der Waals surface area contributed by atoms with Crippen LogP contribution in [-0.4, -0.2) is 60.4 Å². The minimum Gasteiger partial charge on any atom is -0.444 e. The maximum atomic E-state index is 14.5. The Kier molecular flexibility index (Phi) is 5.60. The molecule has 1 amide bonds. The number of aromatic nitrogens is 5. The molecule has 0 aliphatic carbocycles. The van der Waals surface area contributed by atoms with E-state index in [0.717, 1.165) is 12.5 Å². The number of ether oxygens (including phenoxy) is 1. The van der Waals surface area contributed by atoms with Crippen LogP contribution in [0.3, 0.4) is 0 Å². The maximum Gasteiger partial charge on any atom is 0.459 e. The number of halogens is 5. The second-order valence-electron chi connectivity index (χ2n) is 9.75. The molecule has 37 heavy (non-hydrogen) atoms. The number of carbonyl (C=O) groups is 1. The largest absolute Gasteiger partial charge is 0.459 e. The molecule has 4 aromatic heterocycles. The summed E-state index contributed by atoms with van der Waals surface area (Å²) >= 11 is 0. The van der Waals surface area contributed by atoms with Crippen molar-refractivity contribution in [3.05, 3.63) is 42.0 Å². The maximum absolute atomic E-state index is 14.5. The van der Waals surface area contributed by atoms with Gasteiger partial charge in [0.25, 0.3) is 5.89 Å². The first kappa shape index (κ1) is 24.8. The molecule has 9 nitrogen and oxygen atoms in total. The summed E-state index contributed by atoms with van der Waals surface area (Å²) in [6.07, 6.45) is -3.66. The number of carbonyl (C=O) groups excluding carboxylic acids is 1. The smallest absolute Gasteiger partial charge is 0.444 e. The van der Waals surface area contributed by atoms with Gasteiger partial charge in [0.05, 0.1) is 0 Å². The number of rotatable bonds is 3. The predicted octanol–water partition coefficient (Wildman–Crippen LogP) is 5.31. The first-order valence-electron chi connectivity index (χ1n) is 11.3. The zero-order chi connectivity index (χ0) is 26.8. The van der Waals surface area contributed by atoms with Crippen LogP contribution < -0.4 is 0 Å². The van der Waals surface area contributed by atoms with Gasteiger partial charge in [-0.05, 0) is 51.0 Å². The van der Waals surface area contributed by atoms with Gasteiger partial charge >= 0.3 is 18.2 Å². The highest BCUT2D eigenvalue weighted by atomic mass is 19.4. The Morgan fingerprint density at radius 1 is 1.14 bits per heavy atom. The molecule has 0 radical (unpaired) electrons. The molecule has 4 aromatic rings. The Balaban J connectivity index is 1.65. The van der Waals surface area contributed by atoms with E-state index in [-0.39, 0.29) is 41.5 Å². The van der Waals surface area contributed by atoms with E-state index in [0.29, 0.717) is 11.8 Å². The van der Waals surface area contributed by atoms with E-state index in [1.807, 2.05) is 0 Å². The average molecular weight is 524 g/mol. The van der Waals surface area contributed by atoms with Crippen molar-refractivity contribution < 1.29 is 35.9 Å². The zero-order valence-electron chi connectivity index (χ0n) is 19.9. The molecular weight excluding hydrogens is 503 g/mol. The molecule has 1 aliphatic rings. The third-order valence-electron chi connectivity index (χ3n) is 5.97. The van der Waals surface area contributed by atoms with Crippen LogP contribution in [0.4, 0.5) is 26.7 Å². The van der Waals surface area contributed by atoms with Crippen LogP contribution in [-0.2, 0) is 10.7 Å². The molecule has 0 aromatic carbocycles. The van der Waals surface area contributed by atoms with Crippen molar-refractivity contribution in [2.45, 2.75) is 50.8 Å². The molecule has 5 rings (SSSR count). The Morgan fingerprint density at radius 2 is 1.89 bits per heavy atom. The van der Waals surface area contributed by atoms with Crippen LogP contribution in [0.1, 0.15) is 44.4 Å². The topological polar surface area (TPSA) is 98.7 Å². The van der Waals surface area contributed by atoms with Crippen molar-refractivity contribution in [3.63, 3.8) is 0 Å². The van der Waals surface area contributed by atoms with Gasteiger partial charge in [0.15, 0.2) is 0 Å². The molecule has 0 N–H and O–H groups in total. The first-order valence-corrected chi connectivity index (χ1v) is 11.3. The van der Waals surface area contributed by atoms with Gasteiger partial charge in [-0.2, -0.15) is 22.0 Å². The molecule has 1 atom stereocenters. The Bertz CT molecular complexity index is 1480. The Labute approximate surface area is 206 Å². The summed E-state index contributed by atoms with van der Waals surface area (Å²) in [6.45, 7) is 5.46. The summed E-state index contributed by atoms with van der Waals surface area (Å²) in [5.41, 5.74) is -1.71. The number of pyridine rings is 2. The summed E-state index contributed by atoms with van der Waals surface area (Å²) in [6, 6.07) is 3.92. The van der Waals surface area contributed by atoms with E-state index in [1.165, 1.54) is 15.5 Å². The fourth-order valence-electron chi connectivity index (χ4n) is 4.29. The lowest BCUT2D eigenvalue weighted by Gasteiger charge is -2.25. The number of likely N-dealkylation sites (tertiary alicyclic amines) is 1. The van der Waals surface area contributed by atoms with Crippen LogP contribution >= 0.6 is 0 Å². The lowest BCUT2D eigenvalue weighted by molar-refractivity contribution is -0.290. The summed E-state index contributed by atoms with van der Waals surface area (Å²) in [5.74, 6) is -5.70. The quantitative estimate of drug-likeness (QED) is 0.335. The fraction of sp³-hybridized carbons (Fsp3) is 0.435. The van der Waals surface area contributed by atoms with Gasteiger partial charge in [0.1, 0.15) is 28.3 Å². The summed E-state index contributed by atoms with van der Waals surface area (Å²) in [5, 5.41) is 7.66. The molecule has 196 valence electrons. The lowest BCUT2D eigenvalue weighted by atomic mass is 9.94. The lowest BCUT2D eigenvalue weighted by Crippen LogP contribution is -2.35. The highest BCUT2D eigenvalue weighted by Crippen LogP contribution is 2.45. The molecule has 0 spiro atoms. The van der Waals surface area contributed by atoms with Gasteiger partial charge in [0.2, 0.25) is 6.39 Å². The molecule has 5 heterocycles. The predicted molar refractivity (Wildman–Crippen MR) is 119 cm³/mol. The number of hydrogen-bond donors (Lipinski definition) is 0. The molecule has 1 fully saturated rings. The van der Waals surface area contributed by atoms with Crippen molar-refractivity contribution in [2.24, 2.45) is 0 Å². The zero-order valence-corrected chi connectivity index (χ0v) is 19.9. The molecule has 0 bridgehead atoms. The third-order valence-corrected chi connectivity index (χ3v) is 5.97. The van der Waals surface area contributed by atoms with Crippen molar-refractivity contribution in [2.75, 3.05) is 13.1 Å². The number of amides is 1. The Hall–Kier alpha value is -3.84. The average Bonchev–Trinajstić information content (AvgIpc) is 3.56. The minimum atomic E-state index is -5.86. The van der Waals surface area contributed by atoms with Crippen molar-refractivity contribution in [1.29, 1.82) is 0 Å². The monoisotopic (exact) mass is 524 g/mol. The SMILES string of the molecule is CC(C)(C)OC(=O)N1CCC(c2cc(C(F)(F)C(F)(F)F)nc3c2ccc2nc(-c4nnco4)cn23)C1. The van der Waals surface area contributed by atoms with Crippen molar-refractivity contribution >= 4 is 22.8 Å². The normalized spacial score (nSPS) is 17.2. The van der Waals surface area contributed by atoms with E-state index in [9.17, 15) is 26.7 Å². The molecule has 14 heteroatoms. The molecule has 1 saturated heterocycles. The number of alkyl halides is 5. The van der Waals surface area contributed by atoms with Crippen molar-refractivity contribution in [1.82, 2.24) is 29.5 Å². The molecular formula is C23H21F5N6O3. The third kappa shape index (κ3) is 4.44. The number of hydrogen-bond acceptors (Lipinski definition) is 7. The molecule has 1 aliphatic heterocycles. The van der Waals surface area contributed by atoms with E-state index in [2.05, 4.69) is 20.2 Å². The van der Waals surface area contributed by atoms with Crippen LogP contribution in [0, 0.1) is 0 Å². The minimum absolute atomic E-state index is 0.0395. The second kappa shape index (κ2) is 8.35. The van der Waals surface area contributed by atoms with E-state index in [1.54, 1.807) is 32.9 Å². The number of imidazole rings is 1. The molecule has 0 saturated carbocycles. The molecule has 1 unspecified atom stereocenters. The fourth-order valence-corrected chi connectivity index (χ4v) is 4.29. The van der Waals surface area contributed by atoms with Gasteiger partial charge in [-0.1, -0.05) is 0 Å². The van der Waals surface area contributed by atoms with E-state index < -0.39 is 35.4 Å². The Morgan fingerprint density at radius 3 is 2.54 bits per heavy atom. The van der Waals surface area contributed by atoms with Crippen LogP contribution in [0.15, 0.2) is 35.2 Å². The van der Waals surface area contributed by atoms with Crippen LogP contribution in [0.25, 0.3) is 28.3 Å². The van der Waals surface area contributed by atoms with Gasteiger partial charge < -0.3 is 14.1 Å². The van der Waals surface area contributed by atoms with Crippen molar-refractivity contribution in [3.8, 4) is 11.6 Å². The number of fused-ring (bicyclic) bond motifs is 3. The van der Waals surface area contributed by atoms with Gasteiger partial charge in [0, 0.05) is 30.6 Å². The van der Waals surface area contributed by atoms with Gasteiger partial charge in [-0.3, -0.25) is 4.40 Å². The summed E-state index contributed by atoms with van der Waals surface area (Å²) in [7, 11) is 0.